The van der Waals surface area contributed by atoms with Gasteiger partial charge in [-0.15, -0.1) is 0 Å². The van der Waals surface area contributed by atoms with Crippen LogP contribution >= 0.6 is 23.2 Å². The van der Waals surface area contributed by atoms with Gasteiger partial charge in [-0.2, -0.15) is 0 Å². The Kier molecular flexibility index (Phi) is 6.80. The van der Waals surface area contributed by atoms with Gasteiger partial charge in [-0.1, -0.05) is 29.3 Å². The van der Waals surface area contributed by atoms with E-state index in [0.717, 1.165) is 5.56 Å². The largest absolute Gasteiger partial charge is 0.466 e. The van der Waals surface area contributed by atoms with Gasteiger partial charge in [-0.3, -0.25) is 4.79 Å². The lowest BCUT2D eigenvalue weighted by atomic mass is 9.81. The van der Waals surface area contributed by atoms with E-state index in [4.69, 9.17) is 32.7 Å². The van der Waals surface area contributed by atoms with Crippen molar-refractivity contribution in [3.05, 3.63) is 33.8 Å². The minimum atomic E-state index is -0.575. The Hall–Kier alpha value is -1.46. The summed E-state index contributed by atoms with van der Waals surface area (Å²) in [6.07, 6.45) is 0.119. The van der Waals surface area contributed by atoms with E-state index in [-0.39, 0.29) is 23.9 Å². The number of carbonyl (C=O) groups is 2. The predicted octanol–water partition coefficient (Wildman–Crippen LogP) is 4.90. The van der Waals surface area contributed by atoms with Crippen LogP contribution in [0.5, 0.6) is 0 Å². The van der Waals surface area contributed by atoms with Crippen LogP contribution in [0.25, 0.3) is 0 Å². The van der Waals surface area contributed by atoms with Crippen molar-refractivity contribution in [3.63, 3.8) is 0 Å². The van der Waals surface area contributed by atoms with E-state index in [1.165, 1.54) is 0 Å². The number of hydrogen-bond acceptors (Lipinski definition) is 4. The first-order valence-electron chi connectivity index (χ1n) is 8.72. The second-order valence-corrected chi connectivity index (χ2v) is 8.17. The number of carbonyl (C=O) groups excluding carboxylic acids is 2. The van der Waals surface area contributed by atoms with Crippen molar-refractivity contribution in [1.82, 2.24) is 4.90 Å². The molecule has 0 aliphatic carbocycles. The molecule has 1 aromatic rings. The van der Waals surface area contributed by atoms with Crippen molar-refractivity contribution < 1.29 is 19.1 Å². The smallest absolute Gasteiger partial charge is 0.410 e. The highest BCUT2D eigenvalue weighted by Gasteiger charge is 2.39. The fourth-order valence-electron chi connectivity index (χ4n) is 3.06. The summed E-state index contributed by atoms with van der Waals surface area (Å²) in [5, 5.41) is 0.865. The van der Waals surface area contributed by atoms with E-state index < -0.39 is 5.60 Å². The normalized spacial score (nSPS) is 20.6. The fraction of sp³-hybridized carbons (Fsp3) is 0.579. The van der Waals surface area contributed by atoms with Gasteiger partial charge in [-0.25, -0.2) is 4.79 Å². The van der Waals surface area contributed by atoms with Crippen molar-refractivity contribution in [2.75, 3.05) is 19.7 Å². The second kappa shape index (κ2) is 8.49. The summed E-state index contributed by atoms with van der Waals surface area (Å²) in [4.78, 5) is 26.5. The molecule has 2 atom stereocenters. The molecule has 0 bridgehead atoms. The van der Waals surface area contributed by atoms with Gasteiger partial charge >= 0.3 is 12.1 Å². The van der Waals surface area contributed by atoms with Crippen LogP contribution in [0.15, 0.2) is 18.2 Å². The van der Waals surface area contributed by atoms with Gasteiger partial charge in [-0.05, 0) is 51.8 Å². The molecule has 26 heavy (non-hydrogen) atoms. The molecule has 0 unspecified atom stereocenters. The number of amides is 1. The Labute approximate surface area is 164 Å². The topological polar surface area (TPSA) is 55.8 Å². The molecule has 1 saturated heterocycles. The lowest BCUT2D eigenvalue weighted by molar-refractivity contribution is -0.150. The van der Waals surface area contributed by atoms with Crippen LogP contribution in [0.1, 0.15) is 45.6 Å². The van der Waals surface area contributed by atoms with E-state index in [0.29, 0.717) is 36.2 Å². The summed E-state index contributed by atoms with van der Waals surface area (Å²) in [6, 6.07) is 5.29. The number of benzene rings is 1. The zero-order valence-electron chi connectivity index (χ0n) is 15.6. The molecule has 1 aliphatic heterocycles. The maximum absolute atomic E-state index is 12.5. The van der Waals surface area contributed by atoms with Crippen LogP contribution in [-0.4, -0.2) is 42.3 Å². The molecule has 1 amide bonds. The fourth-order valence-corrected chi connectivity index (χ4v) is 3.36. The van der Waals surface area contributed by atoms with Crippen molar-refractivity contribution in [3.8, 4) is 0 Å². The first-order valence-corrected chi connectivity index (χ1v) is 9.47. The average molecular weight is 402 g/mol. The number of esters is 1. The summed E-state index contributed by atoms with van der Waals surface area (Å²) in [5.41, 5.74) is 0.277. The SMILES string of the molecule is CCOC(=O)[C@@H]1CCN(C(=O)OC(C)(C)C)C[C@H]1c1ccc(Cl)c(Cl)c1. The standard InChI is InChI=1S/C19H25Cl2NO4/c1-5-25-17(23)13-8-9-22(18(24)26-19(2,3)4)11-14(13)12-6-7-15(20)16(21)10-12/h6-7,10,13-14H,5,8-9,11H2,1-4H3/t13-,14+/m1/s1. The molecule has 1 aromatic carbocycles. The van der Waals surface area contributed by atoms with E-state index >= 15 is 0 Å². The van der Waals surface area contributed by atoms with E-state index in [2.05, 4.69) is 0 Å². The molecule has 0 spiro atoms. The summed E-state index contributed by atoms with van der Waals surface area (Å²) < 4.78 is 10.7. The lowest BCUT2D eigenvalue weighted by Crippen LogP contribution is -2.47. The van der Waals surface area contributed by atoms with Crippen LogP contribution in [-0.2, 0) is 14.3 Å². The molecule has 2 rings (SSSR count). The van der Waals surface area contributed by atoms with Gasteiger partial charge < -0.3 is 14.4 Å². The summed E-state index contributed by atoms with van der Waals surface area (Å²) in [5.74, 6) is -0.830. The van der Waals surface area contributed by atoms with E-state index in [1.54, 1.807) is 24.0 Å². The monoisotopic (exact) mass is 401 g/mol. The third-order valence-electron chi connectivity index (χ3n) is 4.23. The number of nitrogens with zero attached hydrogens (tertiary/aromatic N) is 1. The molecule has 0 saturated carbocycles. The highest BCUT2D eigenvalue weighted by atomic mass is 35.5. The number of hydrogen-bond donors (Lipinski definition) is 0. The third kappa shape index (κ3) is 5.27. The third-order valence-corrected chi connectivity index (χ3v) is 4.96. The van der Waals surface area contributed by atoms with Crippen molar-refractivity contribution in [2.45, 2.75) is 45.6 Å². The number of ether oxygens (including phenoxy) is 2. The molecule has 0 aromatic heterocycles. The predicted molar refractivity (Wildman–Crippen MR) is 102 cm³/mol. The highest BCUT2D eigenvalue weighted by Crippen LogP contribution is 2.36. The molecule has 1 heterocycles. The van der Waals surface area contributed by atoms with Gasteiger partial charge in [0, 0.05) is 19.0 Å². The minimum Gasteiger partial charge on any atom is -0.466 e. The van der Waals surface area contributed by atoms with Crippen LogP contribution in [0.3, 0.4) is 0 Å². The summed E-state index contributed by atoms with van der Waals surface area (Å²) in [7, 11) is 0. The maximum Gasteiger partial charge on any atom is 0.410 e. The molecule has 0 radical (unpaired) electrons. The van der Waals surface area contributed by atoms with Crippen LogP contribution in [0, 0.1) is 5.92 Å². The summed E-state index contributed by atoms with van der Waals surface area (Å²) >= 11 is 12.2. The number of piperidine rings is 1. The van der Waals surface area contributed by atoms with Gasteiger partial charge in [0.15, 0.2) is 0 Å². The van der Waals surface area contributed by atoms with Crippen molar-refractivity contribution >= 4 is 35.3 Å². The highest BCUT2D eigenvalue weighted by molar-refractivity contribution is 6.42. The van der Waals surface area contributed by atoms with Crippen LogP contribution < -0.4 is 0 Å². The maximum atomic E-state index is 12.5. The van der Waals surface area contributed by atoms with Crippen molar-refractivity contribution in [2.24, 2.45) is 5.92 Å². The Bertz CT molecular complexity index is 672. The first-order chi connectivity index (χ1) is 12.1. The van der Waals surface area contributed by atoms with Gasteiger partial charge in [0.2, 0.25) is 0 Å². The molecular weight excluding hydrogens is 377 g/mol. The molecule has 1 aliphatic rings. The Morgan fingerprint density at radius 2 is 1.92 bits per heavy atom. The molecule has 5 nitrogen and oxygen atoms in total. The Morgan fingerprint density at radius 3 is 2.50 bits per heavy atom. The lowest BCUT2D eigenvalue weighted by Gasteiger charge is -2.38. The number of rotatable bonds is 3. The quantitative estimate of drug-likeness (QED) is 0.675. The Balaban J connectivity index is 2.27. The summed E-state index contributed by atoms with van der Waals surface area (Å²) in [6.45, 7) is 8.37. The van der Waals surface area contributed by atoms with Gasteiger partial charge in [0.25, 0.3) is 0 Å². The Morgan fingerprint density at radius 1 is 1.23 bits per heavy atom. The minimum absolute atomic E-state index is 0.231. The average Bonchev–Trinajstić information content (AvgIpc) is 2.55. The van der Waals surface area contributed by atoms with Crippen molar-refractivity contribution in [1.29, 1.82) is 0 Å². The number of halogens is 2. The van der Waals surface area contributed by atoms with Crippen LogP contribution in [0.2, 0.25) is 10.0 Å². The first kappa shape index (κ1) is 20.8. The number of likely N-dealkylation sites (tertiary alicyclic amines) is 1. The molecular formula is C19H25Cl2NO4. The van der Waals surface area contributed by atoms with Gasteiger partial charge in [0.1, 0.15) is 5.60 Å². The van der Waals surface area contributed by atoms with E-state index in [9.17, 15) is 9.59 Å². The van der Waals surface area contributed by atoms with E-state index in [1.807, 2.05) is 26.8 Å². The zero-order chi connectivity index (χ0) is 19.5. The molecule has 144 valence electrons. The molecule has 1 fully saturated rings. The second-order valence-electron chi connectivity index (χ2n) is 7.35. The molecule has 0 N–H and O–H groups in total. The van der Waals surface area contributed by atoms with Gasteiger partial charge in [0.05, 0.1) is 22.6 Å². The van der Waals surface area contributed by atoms with Crippen LogP contribution in [0.4, 0.5) is 4.79 Å². The molecule has 7 heteroatoms. The zero-order valence-corrected chi connectivity index (χ0v) is 17.1.